The van der Waals surface area contributed by atoms with Gasteiger partial charge in [-0.15, -0.1) is 0 Å². The van der Waals surface area contributed by atoms with Crippen LogP contribution in [0.3, 0.4) is 0 Å². The highest BCUT2D eigenvalue weighted by Crippen LogP contribution is 2.38. The van der Waals surface area contributed by atoms with Crippen molar-refractivity contribution >= 4 is 11.9 Å². The van der Waals surface area contributed by atoms with Gasteiger partial charge in [0, 0.05) is 25.3 Å². The van der Waals surface area contributed by atoms with Gasteiger partial charge in [-0.25, -0.2) is 0 Å². The van der Waals surface area contributed by atoms with E-state index in [2.05, 4.69) is 10.1 Å². The zero-order valence-electron chi connectivity index (χ0n) is 11.5. The Morgan fingerprint density at radius 1 is 1.45 bits per heavy atom. The molecule has 2 rings (SSSR count). The summed E-state index contributed by atoms with van der Waals surface area (Å²) >= 11 is 0. The Labute approximate surface area is 117 Å². The summed E-state index contributed by atoms with van der Waals surface area (Å²) in [6.45, 7) is 1.92. The molecule has 1 aromatic rings. The highest BCUT2D eigenvalue weighted by Gasteiger charge is 2.28. The van der Waals surface area contributed by atoms with Crippen LogP contribution in [-0.2, 0) is 16.0 Å². The number of amides is 1. The third-order valence-electron chi connectivity index (χ3n) is 3.27. The summed E-state index contributed by atoms with van der Waals surface area (Å²) in [5.41, 5.74) is 0. The van der Waals surface area contributed by atoms with E-state index in [1.54, 1.807) is 6.92 Å². The molecule has 0 radical (unpaired) electrons. The van der Waals surface area contributed by atoms with Gasteiger partial charge in [-0.05, 0) is 26.2 Å². The lowest BCUT2D eigenvalue weighted by atomic mass is 10.2. The number of aliphatic carboxylic acids is 1. The van der Waals surface area contributed by atoms with E-state index in [9.17, 15) is 9.59 Å². The van der Waals surface area contributed by atoms with Gasteiger partial charge in [0.2, 0.25) is 11.8 Å². The molecule has 1 N–H and O–H groups in total. The van der Waals surface area contributed by atoms with E-state index in [1.807, 2.05) is 0 Å². The van der Waals surface area contributed by atoms with Gasteiger partial charge >= 0.3 is 5.97 Å². The predicted octanol–water partition coefficient (Wildman–Crippen LogP) is 1.20. The van der Waals surface area contributed by atoms with Crippen molar-refractivity contribution in [2.75, 3.05) is 13.1 Å². The summed E-state index contributed by atoms with van der Waals surface area (Å²) in [5, 5.41) is 12.6. The first-order valence-corrected chi connectivity index (χ1v) is 6.92. The summed E-state index contributed by atoms with van der Waals surface area (Å²) in [6.07, 6.45) is 3.68. The van der Waals surface area contributed by atoms with Crippen molar-refractivity contribution in [2.45, 2.75) is 44.9 Å². The Bertz CT molecular complexity index is 482. The third kappa shape index (κ3) is 4.04. The van der Waals surface area contributed by atoms with Gasteiger partial charge < -0.3 is 14.5 Å². The summed E-state index contributed by atoms with van der Waals surface area (Å²) in [7, 11) is 0. The smallest absolute Gasteiger partial charge is 0.323 e. The van der Waals surface area contributed by atoms with Gasteiger partial charge in [-0.1, -0.05) is 5.16 Å². The molecule has 1 fully saturated rings. The van der Waals surface area contributed by atoms with Crippen LogP contribution in [-0.4, -0.2) is 45.1 Å². The van der Waals surface area contributed by atoms with E-state index < -0.39 is 5.97 Å². The number of nitrogens with zero attached hydrogens (tertiary/aromatic N) is 3. The highest BCUT2D eigenvalue weighted by atomic mass is 16.5. The molecular weight excluding hydrogens is 262 g/mol. The molecule has 1 aromatic heterocycles. The molecule has 0 aliphatic heterocycles. The maximum absolute atomic E-state index is 11.8. The highest BCUT2D eigenvalue weighted by molar-refractivity contribution is 5.81. The fourth-order valence-electron chi connectivity index (χ4n) is 1.97. The predicted molar refractivity (Wildman–Crippen MR) is 69.1 cm³/mol. The maximum atomic E-state index is 11.8. The van der Waals surface area contributed by atoms with Crippen LogP contribution in [0.15, 0.2) is 4.52 Å². The molecule has 0 atom stereocenters. The lowest BCUT2D eigenvalue weighted by Crippen LogP contribution is -2.35. The molecule has 1 aliphatic carbocycles. The van der Waals surface area contributed by atoms with Gasteiger partial charge in [0.1, 0.15) is 6.54 Å². The minimum Gasteiger partial charge on any atom is -0.480 e. The fourth-order valence-corrected chi connectivity index (χ4v) is 1.97. The minimum absolute atomic E-state index is 0.156. The van der Waals surface area contributed by atoms with Crippen LogP contribution in [0.1, 0.15) is 50.2 Å². The van der Waals surface area contributed by atoms with Gasteiger partial charge in [0.05, 0.1) is 0 Å². The fraction of sp³-hybridized carbons (Fsp3) is 0.692. The van der Waals surface area contributed by atoms with E-state index >= 15 is 0 Å². The number of carbonyl (C=O) groups excluding carboxylic acids is 1. The number of carbonyl (C=O) groups is 2. The Morgan fingerprint density at radius 3 is 2.80 bits per heavy atom. The Balaban J connectivity index is 1.73. The third-order valence-corrected chi connectivity index (χ3v) is 3.27. The molecule has 0 spiro atoms. The molecule has 0 unspecified atom stereocenters. The van der Waals surface area contributed by atoms with Gasteiger partial charge in [-0.3, -0.25) is 9.59 Å². The van der Waals surface area contributed by atoms with Crippen LogP contribution in [0.4, 0.5) is 0 Å². The normalized spacial score (nSPS) is 14.2. The van der Waals surface area contributed by atoms with Gasteiger partial charge in [0.25, 0.3) is 0 Å². The molecule has 0 bridgehead atoms. The first-order valence-electron chi connectivity index (χ1n) is 6.92. The van der Waals surface area contributed by atoms with Crippen LogP contribution in [0.5, 0.6) is 0 Å². The standard InChI is InChI=1S/C13H19N3O4/c1-2-16(8-12(18)19)11(17)5-3-4-10-14-13(15-20-10)9-6-7-9/h9H,2-8H2,1H3,(H,18,19). The average Bonchev–Trinajstić information content (AvgIpc) is 3.16. The van der Waals surface area contributed by atoms with Crippen LogP contribution >= 0.6 is 0 Å². The van der Waals surface area contributed by atoms with Crippen LogP contribution in [0, 0.1) is 0 Å². The number of hydrogen-bond donors (Lipinski definition) is 1. The number of carboxylic acid groups (broad SMARTS) is 1. The second-order valence-electron chi connectivity index (χ2n) is 4.98. The van der Waals surface area contributed by atoms with Crippen molar-refractivity contribution in [1.82, 2.24) is 15.0 Å². The van der Waals surface area contributed by atoms with Crippen molar-refractivity contribution in [1.29, 1.82) is 0 Å². The van der Waals surface area contributed by atoms with Crippen LogP contribution in [0.25, 0.3) is 0 Å². The lowest BCUT2D eigenvalue weighted by Gasteiger charge is -2.18. The summed E-state index contributed by atoms with van der Waals surface area (Å²) in [6, 6.07) is 0. The molecule has 20 heavy (non-hydrogen) atoms. The SMILES string of the molecule is CCN(CC(=O)O)C(=O)CCCc1nc(C2CC2)no1. The van der Waals surface area contributed by atoms with Gasteiger partial charge in [0.15, 0.2) is 5.82 Å². The quantitative estimate of drug-likeness (QED) is 0.769. The summed E-state index contributed by atoms with van der Waals surface area (Å²) in [5.74, 6) is 0.636. The van der Waals surface area contributed by atoms with Gasteiger partial charge in [-0.2, -0.15) is 4.98 Å². The number of likely N-dealkylation sites (N-methyl/N-ethyl adjacent to an activating group) is 1. The van der Waals surface area contributed by atoms with E-state index in [0.29, 0.717) is 37.6 Å². The summed E-state index contributed by atoms with van der Waals surface area (Å²) < 4.78 is 5.12. The number of carboxylic acids is 1. The Kier molecular flexibility index (Phi) is 4.70. The first kappa shape index (κ1) is 14.5. The Morgan fingerprint density at radius 2 is 2.20 bits per heavy atom. The second-order valence-corrected chi connectivity index (χ2v) is 4.98. The number of aromatic nitrogens is 2. The minimum atomic E-state index is -0.994. The van der Waals surface area contributed by atoms with Crippen LogP contribution < -0.4 is 0 Å². The van der Waals surface area contributed by atoms with Crippen LogP contribution in [0.2, 0.25) is 0 Å². The van der Waals surface area contributed by atoms with Crippen molar-refractivity contribution in [3.63, 3.8) is 0 Å². The zero-order chi connectivity index (χ0) is 14.5. The lowest BCUT2D eigenvalue weighted by molar-refractivity contribution is -0.144. The van der Waals surface area contributed by atoms with E-state index in [-0.39, 0.29) is 12.5 Å². The molecule has 1 saturated carbocycles. The zero-order valence-corrected chi connectivity index (χ0v) is 11.5. The number of rotatable bonds is 8. The number of hydrogen-bond acceptors (Lipinski definition) is 5. The van der Waals surface area contributed by atoms with Crippen molar-refractivity contribution in [3.05, 3.63) is 11.7 Å². The molecular formula is C13H19N3O4. The molecule has 1 aliphatic rings. The van der Waals surface area contributed by atoms with E-state index in [4.69, 9.17) is 9.63 Å². The molecule has 110 valence electrons. The van der Waals surface area contributed by atoms with Crippen molar-refractivity contribution in [2.24, 2.45) is 0 Å². The largest absolute Gasteiger partial charge is 0.480 e. The molecule has 1 heterocycles. The van der Waals surface area contributed by atoms with E-state index in [1.165, 1.54) is 4.90 Å². The monoisotopic (exact) mass is 281 g/mol. The molecule has 1 amide bonds. The average molecular weight is 281 g/mol. The molecule has 0 aromatic carbocycles. The maximum Gasteiger partial charge on any atom is 0.323 e. The van der Waals surface area contributed by atoms with Crippen molar-refractivity contribution < 1.29 is 19.2 Å². The molecule has 7 heteroatoms. The second kappa shape index (κ2) is 6.49. The topological polar surface area (TPSA) is 96.5 Å². The van der Waals surface area contributed by atoms with E-state index in [0.717, 1.165) is 18.7 Å². The van der Waals surface area contributed by atoms with Crippen molar-refractivity contribution in [3.8, 4) is 0 Å². The molecule has 7 nitrogen and oxygen atoms in total. The Hall–Kier alpha value is -1.92. The summed E-state index contributed by atoms with van der Waals surface area (Å²) in [4.78, 5) is 28.0. The first-order chi connectivity index (χ1) is 9.60. The number of aryl methyl sites for hydroxylation is 1. The molecule has 0 saturated heterocycles.